The molecule has 1 aromatic rings. The predicted octanol–water partition coefficient (Wildman–Crippen LogP) is 4.24. The molecule has 1 N–H and O–H groups in total. The van der Waals surface area contributed by atoms with Gasteiger partial charge in [-0.2, -0.15) is 0 Å². The van der Waals surface area contributed by atoms with Gasteiger partial charge >= 0.3 is 0 Å². The van der Waals surface area contributed by atoms with E-state index in [2.05, 4.69) is 11.4 Å². The third-order valence-corrected chi connectivity index (χ3v) is 3.57. The highest BCUT2D eigenvalue weighted by Gasteiger charge is 2.17. The summed E-state index contributed by atoms with van der Waals surface area (Å²) >= 11 is 5.70. The number of hydrogen-bond acceptors (Lipinski definition) is 1. The molecule has 0 aliphatic heterocycles. The lowest BCUT2D eigenvalue weighted by atomic mass is 9.90. The quantitative estimate of drug-likeness (QED) is 0.795. The molecule has 1 aliphatic carbocycles. The Balaban J connectivity index is 2.28. The average Bonchev–Trinajstić information content (AvgIpc) is 2.36. The van der Waals surface area contributed by atoms with Gasteiger partial charge < -0.3 is 5.32 Å². The molecule has 0 radical (unpaired) electrons. The maximum atomic E-state index is 13.5. The molecule has 0 amide bonds. The lowest BCUT2D eigenvalue weighted by Gasteiger charge is -2.23. The van der Waals surface area contributed by atoms with Gasteiger partial charge in [0.15, 0.2) is 0 Å². The van der Waals surface area contributed by atoms with E-state index >= 15 is 0 Å². The molecule has 1 aliphatic rings. The van der Waals surface area contributed by atoms with Crippen molar-refractivity contribution >= 4 is 11.6 Å². The maximum absolute atomic E-state index is 13.5. The molecule has 0 aromatic heterocycles. The van der Waals surface area contributed by atoms with E-state index in [-0.39, 0.29) is 16.9 Å². The first kappa shape index (κ1) is 12.6. The molecule has 1 nitrogen and oxygen atoms in total. The molecular formula is C14H17ClFN. The number of nitrogens with one attached hydrogen (secondary N) is 1. The molecule has 0 saturated carbocycles. The summed E-state index contributed by atoms with van der Waals surface area (Å²) in [6.45, 7) is 0. The van der Waals surface area contributed by atoms with Crippen LogP contribution in [0.5, 0.6) is 0 Å². The zero-order valence-corrected chi connectivity index (χ0v) is 10.7. The van der Waals surface area contributed by atoms with Crippen LogP contribution in [0.1, 0.15) is 37.3 Å². The molecule has 1 unspecified atom stereocenters. The minimum absolute atomic E-state index is 0.113. The van der Waals surface area contributed by atoms with E-state index < -0.39 is 0 Å². The van der Waals surface area contributed by atoms with Crippen molar-refractivity contribution in [1.82, 2.24) is 5.32 Å². The molecule has 0 saturated heterocycles. The monoisotopic (exact) mass is 253 g/mol. The SMILES string of the molecule is CNC(C1=CCCCC1)c1ccc(Cl)c(F)c1. The van der Waals surface area contributed by atoms with Gasteiger partial charge in [0.1, 0.15) is 5.82 Å². The summed E-state index contributed by atoms with van der Waals surface area (Å²) in [5, 5.41) is 3.44. The molecule has 0 bridgehead atoms. The van der Waals surface area contributed by atoms with Gasteiger partial charge in [-0.15, -0.1) is 0 Å². The molecule has 1 aromatic carbocycles. The molecule has 2 rings (SSSR count). The van der Waals surface area contributed by atoms with Crippen molar-refractivity contribution in [3.05, 3.63) is 46.3 Å². The molecular weight excluding hydrogens is 237 g/mol. The van der Waals surface area contributed by atoms with Crippen LogP contribution in [0.25, 0.3) is 0 Å². The van der Waals surface area contributed by atoms with Gasteiger partial charge in [-0.3, -0.25) is 0 Å². The first-order valence-electron chi connectivity index (χ1n) is 6.03. The third-order valence-electron chi connectivity index (χ3n) is 3.26. The second-order valence-corrected chi connectivity index (χ2v) is 4.83. The summed E-state index contributed by atoms with van der Waals surface area (Å²) in [6.07, 6.45) is 6.98. The van der Waals surface area contributed by atoms with E-state index in [1.54, 1.807) is 6.07 Å². The molecule has 0 spiro atoms. The van der Waals surface area contributed by atoms with Crippen LogP contribution in [0.15, 0.2) is 29.8 Å². The second-order valence-electron chi connectivity index (χ2n) is 4.42. The smallest absolute Gasteiger partial charge is 0.142 e. The van der Waals surface area contributed by atoms with Crippen LogP contribution in [0.2, 0.25) is 5.02 Å². The van der Waals surface area contributed by atoms with Crippen molar-refractivity contribution in [3.8, 4) is 0 Å². The lowest BCUT2D eigenvalue weighted by Crippen LogP contribution is -2.20. The lowest BCUT2D eigenvalue weighted by molar-refractivity contribution is 0.583. The number of benzene rings is 1. The van der Waals surface area contributed by atoms with E-state index in [0.717, 1.165) is 18.4 Å². The number of rotatable bonds is 3. The topological polar surface area (TPSA) is 12.0 Å². The Kier molecular flexibility index (Phi) is 4.19. The van der Waals surface area contributed by atoms with E-state index in [9.17, 15) is 4.39 Å². The number of likely N-dealkylation sites (N-methyl/N-ethyl adjacent to an activating group) is 1. The molecule has 0 heterocycles. The number of halogens is 2. The van der Waals surface area contributed by atoms with Gasteiger partial charge in [0.25, 0.3) is 0 Å². The zero-order valence-electron chi connectivity index (χ0n) is 9.97. The Morgan fingerprint density at radius 1 is 1.35 bits per heavy atom. The summed E-state index contributed by atoms with van der Waals surface area (Å²) in [5.41, 5.74) is 2.31. The first-order valence-corrected chi connectivity index (χ1v) is 6.41. The maximum Gasteiger partial charge on any atom is 0.142 e. The van der Waals surface area contributed by atoms with Gasteiger partial charge in [0.05, 0.1) is 11.1 Å². The summed E-state index contributed by atoms with van der Waals surface area (Å²) in [7, 11) is 1.91. The van der Waals surface area contributed by atoms with Crippen molar-refractivity contribution in [2.45, 2.75) is 31.7 Å². The van der Waals surface area contributed by atoms with Crippen LogP contribution in [-0.2, 0) is 0 Å². The average molecular weight is 254 g/mol. The standard InChI is InChI=1S/C14H17ClFN/c1-17-14(10-5-3-2-4-6-10)11-7-8-12(15)13(16)9-11/h5,7-9,14,17H,2-4,6H2,1H3. The van der Waals surface area contributed by atoms with Gasteiger partial charge in [0, 0.05) is 0 Å². The molecule has 3 heteroatoms. The highest BCUT2D eigenvalue weighted by Crippen LogP contribution is 2.30. The molecule has 1 atom stereocenters. The van der Waals surface area contributed by atoms with E-state index in [0.29, 0.717) is 0 Å². The van der Waals surface area contributed by atoms with Crippen molar-refractivity contribution in [3.63, 3.8) is 0 Å². The van der Waals surface area contributed by atoms with Gasteiger partial charge in [0.2, 0.25) is 0 Å². The Morgan fingerprint density at radius 2 is 2.18 bits per heavy atom. The predicted molar refractivity (Wildman–Crippen MR) is 69.8 cm³/mol. The zero-order chi connectivity index (χ0) is 12.3. The Morgan fingerprint density at radius 3 is 2.76 bits per heavy atom. The molecule has 92 valence electrons. The van der Waals surface area contributed by atoms with E-state index in [4.69, 9.17) is 11.6 Å². The van der Waals surface area contributed by atoms with E-state index in [1.807, 2.05) is 13.1 Å². The van der Waals surface area contributed by atoms with Crippen molar-refractivity contribution in [2.24, 2.45) is 0 Å². The second kappa shape index (κ2) is 5.65. The Hall–Kier alpha value is -0.860. The van der Waals surface area contributed by atoms with Gasteiger partial charge in [-0.1, -0.05) is 29.3 Å². The summed E-state index contributed by atoms with van der Waals surface area (Å²) < 4.78 is 13.5. The Labute approximate surface area is 107 Å². The van der Waals surface area contributed by atoms with Crippen LogP contribution >= 0.6 is 11.6 Å². The normalized spacial score (nSPS) is 17.7. The highest BCUT2D eigenvalue weighted by atomic mass is 35.5. The van der Waals surface area contributed by atoms with E-state index in [1.165, 1.54) is 24.5 Å². The van der Waals surface area contributed by atoms with Crippen LogP contribution in [0.4, 0.5) is 4.39 Å². The summed E-state index contributed by atoms with van der Waals surface area (Å²) in [4.78, 5) is 0. The minimum atomic E-state index is -0.346. The fourth-order valence-corrected chi connectivity index (χ4v) is 2.50. The van der Waals surface area contributed by atoms with Crippen molar-refractivity contribution in [2.75, 3.05) is 7.05 Å². The van der Waals surface area contributed by atoms with Crippen LogP contribution in [0.3, 0.4) is 0 Å². The van der Waals surface area contributed by atoms with Gasteiger partial charge in [-0.05, 0) is 50.4 Å². The highest BCUT2D eigenvalue weighted by molar-refractivity contribution is 6.30. The number of allylic oxidation sites excluding steroid dienone is 1. The third kappa shape index (κ3) is 2.88. The fourth-order valence-electron chi connectivity index (χ4n) is 2.38. The van der Waals surface area contributed by atoms with Crippen LogP contribution in [-0.4, -0.2) is 7.05 Å². The summed E-state index contributed by atoms with van der Waals surface area (Å²) in [5.74, 6) is -0.346. The van der Waals surface area contributed by atoms with Crippen LogP contribution in [0, 0.1) is 5.82 Å². The Bertz CT molecular complexity index is 428. The van der Waals surface area contributed by atoms with Gasteiger partial charge in [-0.25, -0.2) is 4.39 Å². The molecule has 0 fully saturated rings. The van der Waals surface area contributed by atoms with Crippen molar-refractivity contribution < 1.29 is 4.39 Å². The van der Waals surface area contributed by atoms with Crippen molar-refractivity contribution in [1.29, 1.82) is 0 Å². The van der Waals surface area contributed by atoms with Crippen LogP contribution < -0.4 is 5.32 Å². The largest absolute Gasteiger partial charge is 0.310 e. The molecule has 17 heavy (non-hydrogen) atoms. The number of hydrogen-bond donors (Lipinski definition) is 1. The first-order chi connectivity index (χ1) is 8.22. The summed E-state index contributed by atoms with van der Waals surface area (Å²) in [6, 6.07) is 5.16. The fraction of sp³-hybridized carbons (Fsp3) is 0.429. The minimum Gasteiger partial charge on any atom is -0.310 e.